The van der Waals surface area contributed by atoms with Crippen LogP contribution in [-0.4, -0.2) is 26.9 Å². The number of aryl methyl sites for hydroxylation is 1. The molecule has 0 radical (unpaired) electrons. The van der Waals surface area contributed by atoms with Crippen LogP contribution in [0.4, 0.5) is 0 Å². The molecule has 2 aromatic carbocycles. The quantitative estimate of drug-likeness (QED) is 0.0796. The first-order valence-electron chi connectivity index (χ1n) is 18.4. The molecule has 0 amide bonds. The maximum absolute atomic E-state index is 15.0. The Morgan fingerprint density at radius 2 is 0.977 bits per heavy atom. The van der Waals surface area contributed by atoms with Gasteiger partial charge in [0.15, 0.2) is 0 Å². The number of unbranched alkanes of at least 4 members (excludes halogenated alkanes) is 9. The van der Waals surface area contributed by atoms with E-state index < -0.39 is 16.9 Å². The molecule has 0 bridgehead atoms. The molecule has 0 atom stereocenters. The summed E-state index contributed by atoms with van der Waals surface area (Å²) in [7, 11) is -4.02. The third-order valence-electron chi connectivity index (χ3n) is 9.66. The van der Waals surface area contributed by atoms with E-state index >= 15 is 8.42 Å². The van der Waals surface area contributed by atoms with E-state index in [9.17, 15) is 0 Å². The van der Waals surface area contributed by atoms with E-state index in [1.165, 1.54) is 30.4 Å². The third-order valence-corrected chi connectivity index (χ3v) is 18.6. The van der Waals surface area contributed by atoms with Gasteiger partial charge in [0.2, 0.25) is 0 Å². The maximum atomic E-state index is 15.0. The number of hydrogen-bond acceptors (Lipinski definition) is 3. The van der Waals surface area contributed by atoms with Gasteiger partial charge in [-0.1, -0.05) is 0 Å². The summed E-state index contributed by atoms with van der Waals surface area (Å²) in [4.78, 5) is 0.466. The third kappa shape index (κ3) is 10.7. The van der Waals surface area contributed by atoms with Gasteiger partial charge in [0.1, 0.15) is 0 Å². The van der Waals surface area contributed by atoms with E-state index in [1.807, 2.05) is 6.07 Å². The van der Waals surface area contributed by atoms with Crippen LogP contribution in [0, 0.1) is 0 Å². The van der Waals surface area contributed by atoms with Gasteiger partial charge in [-0.3, -0.25) is 0 Å². The fraction of sp³-hybridized carbons (Fsp3) is 0.692. The molecule has 0 saturated heterocycles. The van der Waals surface area contributed by atoms with Crippen LogP contribution < -0.4 is 5.30 Å². The number of rotatable bonds is 25. The molecule has 5 heteroatoms. The molecule has 2 rings (SSSR count). The molecule has 0 N–H and O–H groups in total. The van der Waals surface area contributed by atoms with Crippen molar-refractivity contribution < 1.29 is 12.4 Å². The van der Waals surface area contributed by atoms with Crippen molar-refractivity contribution in [3.8, 4) is 0 Å². The van der Waals surface area contributed by atoms with Gasteiger partial charge in [-0.25, -0.2) is 0 Å². The molecule has 0 aromatic heterocycles. The fourth-order valence-electron chi connectivity index (χ4n) is 7.00. The minimum atomic E-state index is -4.02. The van der Waals surface area contributed by atoms with Crippen LogP contribution >= 0.6 is 6.83 Å². The molecule has 0 heterocycles. The molecule has 0 spiro atoms. The number of hydrogen-bond donors (Lipinski definition) is 0. The molecule has 0 aliphatic carbocycles. The predicted molar refractivity (Wildman–Crippen MR) is 197 cm³/mol. The van der Waals surface area contributed by atoms with Gasteiger partial charge in [0.25, 0.3) is 0 Å². The van der Waals surface area contributed by atoms with E-state index in [1.54, 1.807) is 0 Å². The molecule has 0 unspecified atom stereocenters. The van der Waals surface area contributed by atoms with Gasteiger partial charge in [-0.15, -0.1) is 0 Å². The Bertz CT molecular complexity index is 1150. The molecule has 0 aliphatic rings. The van der Waals surface area contributed by atoms with Crippen molar-refractivity contribution in [2.75, 3.05) is 18.5 Å². The zero-order chi connectivity index (χ0) is 32.3. The first-order chi connectivity index (χ1) is 21.3. The summed E-state index contributed by atoms with van der Waals surface area (Å²) in [6, 6.07) is 14.7. The van der Waals surface area contributed by atoms with Gasteiger partial charge in [0.05, 0.1) is 0 Å². The molecule has 0 saturated carbocycles. The summed E-state index contributed by atoms with van der Waals surface area (Å²) < 4.78 is 37.2. The predicted octanol–water partition coefficient (Wildman–Crippen LogP) is 11.8. The van der Waals surface area contributed by atoms with E-state index in [0.717, 1.165) is 126 Å². The molecular weight excluding hydrogens is 579 g/mol. The Kier molecular flexibility index (Phi) is 17.8. The normalized spacial score (nSPS) is 13.2. The zero-order valence-electron chi connectivity index (χ0n) is 29.5. The fourth-order valence-corrected chi connectivity index (χ4v) is 16.9. The van der Waals surface area contributed by atoms with Crippen molar-refractivity contribution in [2.45, 2.75) is 162 Å². The van der Waals surface area contributed by atoms with Crippen molar-refractivity contribution in [1.82, 2.24) is 0 Å². The average Bonchev–Trinajstić information content (AvgIpc) is 3.03. The summed E-state index contributed by atoms with van der Waals surface area (Å²) in [5.74, 6) is 0. The Morgan fingerprint density at radius 3 is 1.45 bits per heavy atom. The summed E-state index contributed by atoms with van der Waals surface area (Å²) >= 11 is 0. The van der Waals surface area contributed by atoms with Crippen molar-refractivity contribution in [3.63, 3.8) is 0 Å². The second kappa shape index (κ2) is 20.1. The van der Waals surface area contributed by atoms with Crippen LogP contribution in [0.3, 0.4) is 0 Å². The first kappa shape index (κ1) is 39.0. The van der Waals surface area contributed by atoms with Gasteiger partial charge in [-0.2, -0.15) is 0 Å². The molecule has 3 nitrogen and oxygen atoms in total. The summed E-state index contributed by atoms with van der Waals surface area (Å²) in [6.07, 6.45) is 21.6. The van der Waals surface area contributed by atoms with Crippen molar-refractivity contribution in [2.24, 2.45) is 0 Å². The van der Waals surface area contributed by atoms with Crippen LogP contribution in [-0.2, 0) is 33.4 Å². The second-order valence-corrected chi connectivity index (χ2v) is 20.3. The standard InChI is InChI=1S/C39H67O3PS/c1-7-13-20-25-35-30-31-39(38(29-22-15-9-3)37(35)28-21-14-8-2)44(40,41)42-43(32-16-10-4,33-17-11-5,34-18-12-6)36-26-23-19-24-27-36/h19,23-24,26-27,30-31H,7-18,20-22,25,28-29,32-34H2,1-6H3. The van der Waals surface area contributed by atoms with E-state index in [0.29, 0.717) is 4.90 Å². The van der Waals surface area contributed by atoms with Crippen molar-refractivity contribution >= 4 is 22.3 Å². The van der Waals surface area contributed by atoms with Gasteiger partial charge in [0, 0.05) is 0 Å². The Balaban J connectivity index is 2.85. The molecule has 44 heavy (non-hydrogen) atoms. The topological polar surface area (TPSA) is 43.4 Å². The second-order valence-electron chi connectivity index (χ2n) is 13.3. The summed E-state index contributed by atoms with van der Waals surface area (Å²) in [5.41, 5.74) is 3.74. The van der Waals surface area contributed by atoms with Crippen LogP contribution in [0.2, 0.25) is 0 Å². The van der Waals surface area contributed by atoms with Crippen molar-refractivity contribution in [1.29, 1.82) is 0 Å². The summed E-state index contributed by atoms with van der Waals surface area (Å²) in [6.45, 7) is 10.0. The molecular formula is C39H67O3PS. The van der Waals surface area contributed by atoms with Crippen LogP contribution in [0.25, 0.3) is 0 Å². The van der Waals surface area contributed by atoms with Crippen LogP contribution in [0.1, 0.15) is 155 Å². The van der Waals surface area contributed by atoms with Gasteiger partial charge >= 0.3 is 274 Å². The number of benzene rings is 2. The first-order valence-corrected chi connectivity index (χ1v) is 22.6. The van der Waals surface area contributed by atoms with Crippen molar-refractivity contribution in [3.05, 3.63) is 59.2 Å². The minimum absolute atomic E-state index is 0.466. The van der Waals surface area contributed by atoms with Gasteiger partial charge < -0.3 is 0 Å². The zero-order valence-corrected chi connectivity index (χ0v) is 31.2. The van der Waals surface area contributed by atoms with E-state index in [2.05, 4.69) is 77.9 Å². The molecule has 0 fully saturated rings. The monoisotopic (exact) mass is 646 g/mol. The Hall–Kier alpha value is -1.22. The Morgan fingerprint density at radius 1 is 0.523 bits per heavy atom. The van der Waals surface area contributed by atoms with E-state index in [4.69, 9.17) is 3.97 Å². The molecule has 0 aliphatic heterocycles. The van der Waals surface area contributed by atoms with Gasteiger partial charge in [-0.05, 0) is 0 Å². The van der Waals surface area contributed by atoms with Crippen LogP contribution in [0.5, 0.6) is 0 Å². The molecule has 252 valence electrons. The van der Waals surface area contributed by atoms with Crippen LogP contribution in [0.15, 0.2) is 47.4 Å². The van der Waals surface area contributed by atoms with E-state index in [-0.39, 0.29) is 0 Å². The Labute approximate surface area is 273 Å². The average molecular weight is 647 g/mol. The molecule has 2 aromatic rings. The SMILES string of the molecule is CCCCCc1ccc(S(=O)(=O)OP(CCCC)(CCCC)(CCCC)c2ccccc2)c(CCCCC)c1CCCCC. The summed E-state index contributed by atoms with van der Waals surface area (Å²) in [5, 5.41) is 1.16.